The average molecular weight is 236 g/mol. The molecule has 1 atom stereocenters. The number of hydrogen-bond acceptors (Lipinski definition) is 3. The van der Waals surface area contributed by atoms with Gasteiger partial charge < -0.3 is 0 Å². The largest absolute Gasteiger partial charge is 0.274 e. The minimum Gasteiger partial charge on any atom is -0.274 e. The summed E-state index contributed by atoms with van der Waals surface area (Å²) in [5.74, 6) is -0.0990. The maximum absolute atomic E-state index is 11.8. The van der Waals surface area contributed by atoms with Gasteiger partial charge in [-0.05, 0) is 5.56 Å². The number of carbonyl (C=O) groups excluding carboxylic acids is 1. The fourth-order valence-corrected chi connectivity index (χ4v) is 2.31. The number of rotatable bonds is 4. The van der Waals surface area contributed by atoms with E-state index < -0.39 is 11.0 Å². The molecule has 0 bridgehead atoms. The molecule has 5 heteroatoms. The third-order valence-corrected chi connectivity index (χ3v) is 3.40. The number of carbonyl (C=O) groups is 1. The summed E-state index contributed by atoms with van der Waals surface area (Å²) in [5.41, 5.74) is 0.880. The molecule has 16 heavy (non-hydrogen) atoms. The van der Waals surface area contributed by atoms with Gasteiger partial charge in [-0.25, -0.2) is 8.51 Å². The van der Waals surface area contributed by atoms with Gasteiger partial charge in [-0.15, -0.1) is 0 Å². The van der Waals surface area contributed by atoms with Crippen LogP contribution in [0.25, 0.3) is 0 Å². The number of hydrogen-bond donors (Lipinski definition) is 0. The zero-order valence-corrected chi connectivity index (χ0v) is 9.74. The van der Waals surface area contributed by atoms with Crippen molar-refractivity contribution in [2.75, 3.05) is 6.54 Å². The first-order valence-electron chi connectivity index (χ1n) is 4.72. The van der Waals surface area contributed by atoms with Crippen LogP contribution < -0.4 is 0 Å². The molecule has 0 aliphatic heterocycles. The second-order valence-electron chi connectivity index (χ2n) is 3.17. The number of nitriles is 1. The van der Waals surface area contributed by atoms with Gasteiger partial charge in [0, 0.05) is 6.92 Å². The van der Waals surface area contributed by atoms with Crippen molar-refractivity contribution in [3.8, 4) is 6.07 Å². The SMILES string of the molecule is CC(=O)N(CC#N)S(=O)Cc1ccccc1. The van der Waals surface area contributed by atoms with E-state index in [2.05, 4.69) is 0 Å². The highest BCUT2D eigenvalue weighted by Gasteiger charge is 2.15. The molecular formula is C11H12N2O2S. The maximum atomic E-state index is 11.8. The van der Waals surface area contributed by atoms with Crippen molar-refractivity contribution in [1.29, 1.82) is 5.26 Å². The topological polar surface area (TPSA) is 61.2 Å². The second kappa shape index (κ2) is 6.03. The van der Waals surface area contributed by atoms with Crippen molar-refractivity contribution in [3.05, 3.63) is 35.9 Å². The van der Waals surface area contributed by atoms with E-state index in [0.717, 1.165) is 9.87 Å². The summed E-state index contributed by atoms with van der Waals surface area (Å²) >= 11 is 0. The summed E-state index contributed by atoms with van der Waals surface area (Å²) < 4.78 is 12.9. The Hall–Kier alpha value is -1.67. The highest BCUT2D eigenvalue weighted by molar-refractivity contribution is 7.82. The maximum Gasteiger partial charge on any atom is 0.232 e. The van der Waals surface area contributed by atoms with Gasteiger partial charge in [0.15, 0.2) is 0 Å². The van der Waals surface area contributed by atoms with E-state index in [0.29, 0.717) is 0 Å². The van der Waals surface area contributed by atoms with Gasteiger partial charge in [-0.3, -0.25) is 4.79 Å². The Balaban J connectivity index is 2.71. The van der Waals surface area contributed by atoms with Crippen molar-refractivity contribution in [1.82, 2.24) is 4.31 Å². The first kappa shape index (κ1) is 12.4. The Morgan fingerprint density at radius 1 is 1.44 bits per heavy atom. The summed E-state index contributed by atoms with van der Waals surface area (Å²) in [6.45, 7) is 1.16. The van der Waals surface area contributed by atoms with Gasteiger partial charge in [0.2, 0.25) is 5.91 Å². The second-order valence-corrected chi connectivity index (χ2v) is 4.54. The van der Waals surface area contributed by atoms with Crippen molar-refractivity contribution < 1.29 is 9.00 Å². The first-order chi connectivity index (χ1) is 7.65. The van der Waals surface area contributed by atoms with Gasteiger partial charge in [0.25, 0.3) is 0 Å². The van der Waals surface area contributed by atoms with Crippen molar-refractivity contribution in [2.24, 2.45) is 0 Å². The molecule has 0 aliphatic rings. The summed E-state index contributed by atoms with van der Waals surface area (Å²) in [6.07, 6.45) is 0. The van der Waals surface area contributed by atoms with Gasteiger partial charge >= 0.3 is 0 Å². The van der Waals surface area contributed by atoms with E-state index in [9.17, 15) is 9.00 Å². The fourth-order valence-electron chi connectivity index (χ4n) is 1.19. The molecule has 0 fully saturated rings. The molecule has 0 spiro atoms. The van der Waals surface area contributed by atoms with E-state index in [4.69, 9.17) is 5.26 Å². The Kier molecular flexibility index (Phi) is 4.67. The summed E-state index contributed by atoms with van der Waals surface area (Å²) in [6, 6.07) is 11.0. The van der Waals surface area contributed by atoms with E-state index in [-0.39, 0.29) is 18.2 Å². The van der Waals surface area contributed by atoms with Crippen LogP contribution >= 0.6 is 0 Å². The molecule has 1 rings (SSSR count). The lowest BCUT2D eigenvalue weighted by Crippen LogP contribution is -2.31. The minimum atomic E-state index is -1.48. The van der Waals surface area contributed by atoms with Crippen LogP contribution in [0.1, 0.15) is 12.5 Å². The highest BCUT2D eigenvalue weighted by atomic mass is 32.2. The zero-order chi connectivity index (χ0) is 12.0. The van der Waals surface area contributed by atoms with Gasteiger partial charge in [-0.2, -0.15) is 5.26 Å². The van der Waals surface area contributed by atoms with Crippen LogP contribution in [0.3, 0.4) is 0 Å². The first-order valence-corrected chi connectivity index (χ1v) is 6.00. The van der Waals surface area contributed by atoms with Crippen molar-refractivity contribution in [3.63, 3.8) is 0 Å². The third kappa shape index (κ3) is 3.48. The Morgan fingerprint density at radius 2 is 2.06 bits per heavy atom. The van der Waals surface area contributed by atoms with Crippen LogP contribution in [-0.4, -0.2) is 21.0 Å². The molecule has 84 valence electrons. The third-order valence-electron chi connectivity index (χ3n) is 1.94. The molecule has 1 aromatic rings. The van der Waals surface area contributed by atoms with Crippen LogP contribution in [0.4, 0.5) is 0 Å². The molecule has 1 amide bonds. The molecular weight excluding hydrogens is 224 g/mol. The van der Waals surface area contributed by atoms with E-state index in [1.807, 2.05) is 36.4 Å². The molecule has 0 aliphatic carbocycles. The van der Waals surface area contributed by atoms with E-state index >= 15 is 0 Å². The molecule has 1 unspecified atom stereocenters. The van der Waals surface area contributed by atoms with Crippen LogP contribution in [0.2, 0.25) is 0 Å². The Bertz CT molecular complexity index is 425. The summed E-state index contributed by atoms with van der Waals surface area (Å²) in [5, 5.41) is 8.52. The zero-order valence-electron chi connectivity index (χ0n) is 8.92. The quantitative estimate of drug-likeness (QED) is 0.738. The van der Waals surface area contributed by atoms with Gasteiger partial charge in [0.05, 0.1) is 11.8 Å². The fraction of sp³-hybridized carbons (Fsp3) is 0.273. The highest BCUT2D eigenvalue weighted by Crippen LogP contribution is 2.06. The Morgan fingerprint density at radius 3 is 2.56 bits per heavy atom. The van der Waals surface area contributed by atoms with Crippen LogP contribution in [0.5, 0.6) is 0 Å². The van der Waals surface area contributed by atoms with Crippen molar-refractivity contribution in [2.45, 2.75) is 12.7 Å². The van der Waals surface area contributed by atoms with Crippen LogP contribution in [0, 0.1) is 11.3 Å². The van der Waals surface area contributed by atoms with E-state index in [1.165, 1.54) is 6.92 Å². The number of benzene rings is 1. The normalized spacial score (nSPS) is 11.5. The monoisotopic (exact) mass is 236 g/mol. The molecule has 1 aromatic carbocycles. The molecule has 0 N–H and O–H groups in total. The minimum absolute atomic E-state index is 0.144. The van der Waals surface area contributed by atoms with Crippen molar-refractivity contribution >= 4 is 16.9 Å². The lowest BCUT2D eigenvalue weighted by molar-refractivity contribution is -0.123. The standard InChI is InChI=1S/C11H12N2O2S/c1-10(14)13(8-7-12)16(15)9-11-5-3-2-4-6-11/h2-6H,8-9H2,1H3. The molecule has 0 saturated heterocycles. The summed E-state index contributed by atoms with van der Waals surface area (Å²) in [4.78, 5) is 11.1. The Labute approximate surface area is 97.1 Å². The van der Waals surface area contributed by atoms with Crippen LogP contribution in [0.15, 0.2) is 30.3 Å². The summed E-state index contributed by atoms with van der Waals surface area (Å²) in [7, 11) is -1.48. The molecule has 4 nitrogen and oxygen atoms in total. The molecule has 0 heterocycles. The number of nitrogens with zero attached hydrogens (tertiary/aromatic N) is 2. The van der Waals surface area contributed by atoms with Gasteiger partial charge in [0.1, 0.15) is 17.5 Å². The predicted octanol–water partition coefficient (Wildman–Crippen LogP) is 1.22. The number of amides is 1. The van der Waals surface area contributed by atoms with Gasteiger partial charge in [-0.1, -0.05) is 30.3 Å². The average Bonchev–Trinajstić information content (AvgIpc) is 2.26. The lowest BCUT2D eigenvalue weighted by atomic mass is 10.2. The molecule has 0 saturated carbocycles. The molecule has 0 radical (unpaired) electrons. The molecule has 0 aromatic heterocycles. The predicted molar refractivity (Wildman–Crippen MR) is 61.3 cm³/mol. The lowest BCUT2D eigenvalue weighted by Gasteiger charge is -2.15. The van der Waals surface area contributed by atoms with E-state index in [1.54, 1.807) is 0 Å². The smallest absolute Gasteiger partial charge is 0.232 e. The van der Waals surface area contributed by atoms with Crippen LogP contribution in [-0.2, 0) is 21.5 Å².